The van der Waals surface area contributed by atoms with Gasteiger partial charge >= 0.3 is 0 Å². The van der Waals surface area contributed by atoms with E-state index in [2.05, 4.69) is 17.1 Å². The van der Waals surface area contributed by atoms with Crippen LogP contribution in [-0.2, 0) is 10.0 Å². The SMILES string of the molecule is CC.NS(=O)(=O)c1ccc2nc3c(nc2c1)-c1cccc2cccc-3c12. The molecule has 1 aliphatic carbocycles. The number of hydrogen-bond acceptors (Lipinski definition) is 4. The van der Waals surface area contributed by atoms with Gasteiger partial charge in [-0.2, -0.15) is 0 Å². The van der Waals surface area contributed by atoms with Gasteiger partial charge in [0.25, 0.3) is 0 Å². The highest BCUT2D eigenvalue weighted by atomic mass is 32.2. The van der Waals surface area contributed by atoms with Gasteiger partial charge in [0.1, 0.15) is 0 Å². The highest BCUT2D eigenvalue weighted by molar-refractivity contribution is 7.89. The molecule has 5 nitrogen and oxygen atoms in total. The Hall–Kier alpha value is -2.83. The summed E-state index contributed by atoms with van der Waals surface area (Å²) in [6, 6.07) is 16.8. The average molecular weight is 363 g/mol. The molecule has 0 bridgehead atoms. The molecule has 0 radical (unpaired) electrons. The lowest BCUT2D eigenvalue weighted by molar-refractivity contribution is 0.598. The monoisotopic (exact) mass is 363 g/mol. The minimum Gasteiger partial charge on any atom is -0.244 e. The number of hydrogen-bond donors (Lipinski definition) is 1. The van der Waals surface area contributed by atoms with Crippen LogP contribution in [0, 0.1) is 0 Å². The largest absolute Gasteiger partial charge is 0.244 e. The van der Waals surface area contributed by atoms with Crippen molar-refractivity contribution in [3.05, 3.63) is 54.6 Å². The van der Waals surface area contributed by atoms with Gasteiger partial charge in [0.15, 0.2) is 0 Å². The number of fused-ring (bicyclic) bond motifs is 4. The predicted octanol–water partition coefficient (Wildman–Crippen LogP) is 4.10. The van der Waals surface area contributed by atoms with Crippen LogP contribution >= 0.6 is 0 Å². The summed E-state index contributed by atoms with van der Waals surface area (Å²) in [6.45, 7) is 4.00. The molecular weight excluding hydrogens is 346 g/mol. The normalized spacial score (nSPS) is 12.0. The third-order valence-corrected chi connectivity index (χ3v) is 5.29. The van der Waals surface area contributed by atoms with Crippen molar-refractivity contribution in [3.63, 3.8) is 0 Å². The molecule has 0 atom stereocenters. The van der Waals surface area contributed by atoms with Crippen molar-refractivity contribution in [2.75, 3.05) is 0 Å². The van der Waals surface area contributed by atoms with E-state index in [-0.39, 0.29) is 4.90 Å². The fraction of sp³-hybridized carbons (Fsp3) is 0.100. The van der Waals surface area contributed by atoms with Gasteiger partial charge in [-0.3, -0.25) is 0 Å². The first-order valence-corrected chi connectivity index (χ1v) is 9.94. The number of benzene rings is 3. The maximum absolute atomic E-state index is 11.6. The predicted molar refractivity (Wildman–Crippen MR) is 104 cm³/mol. The van der Waals surface area contributed by atoms with E-state index < -0.39 is 10.0 Å². The minimum absolute atomic E-state index is 0.0398. The fourth-order valence-corrected chi connectivity index (χ4v) is 3.86. The van der Waals surface area contributed by atoms with Crippen LogP contribution in [0.1, 0.15) is 13.8 Å². The summed E-state index contributed by atoms with van der Waals surface area (Å²) in [4.78, 5) is 9.45. The van der Waals surface area contributed by atoms with Crippen molar-refractivity contribution in [3.8, 4) is 22.5 Å². The first-order valence-electron chi connectivity index (χ1n) is 8.39. The molecule has 0 spiro atoms. The summed E-state index contributed by atoms with van der Waals surface area (Å²) in [6.07, 6.45) is 0. The van der Waals surface area contributed by atoms with E-state index in [1.165, 1.54) is 12.1 Å². The number of rotatable bonds is 1. The summed E-state index contributed by atoms with van der Waals surface area (Å²) in [5.74, 6) is 0. The Balaban J connectivity index is 0.000000814. The van der Waals surface area contributed by atoms with Crippen molar-refractivity contribution >= 4 is 31.8 Å². The second-order valence-electron chi connectivity index (χ2n) is 5.83. The highest BCUT2D eigenvalue weighted by Crippen LogP contribution is 2.45. The van der Waals surface area contributed by atoms with E-state index in [4.69, 9.17) is 10.1 Å². The summed E-state index contributed by atoms with van der Waals surface area (Å²) in [5.41, 5.74) is 4.85. The van der Waals surface area contributed by atoms with Crippen LogP contribution < -0.4 is 5.14 Å². The molecule has 0 unspecified atom stereocenters. The van der Waals surface area contributed by atoms with Gasteiger partial charge in [-0.1, -0.05) is 50.2 Å². The summed E-state index contributed by atoms with van der Waals surface area (Å²) in [7, 11) is -3.77. The van der Waals surface area contributed by atoms with E-state index in [0.29, 0.717) is 11.0 Å². The number of nitrogens with zero attached hydrogens (tertiary/aromatic N) is 2. The Morgan fingerprint density at radius 2 is 1.38 bits per heavy atom. The van der Waals surface area contributed by atoms with Gasteiger partial charge in [-0.05, 0) is 23.6 Å². The summed E-state index contributed by atoms with van der Waals surface area (Å²) >= 11 is 0. The van der Waals surface area contributed by atoms with Crippen LogP contribution in [0.15, 0.2) is 59.5 Å². The molecule has 1 heterocycles. The lowest BCUT2D eigenvalue weighted by Crippen LogP contribution is -2.12. The maximum Gasteiger partial charge on any atom is 0.238 e. The van der Waals surface area contributed by atoms with Crippen molar-refractivity contribution in [2.24, 2.45) is 5.14 Å². The van der Waals surface area contributed by atoms with Gasteiger partial charge < -0.3 is 0 Å². The number of sulfonamides is 1. The number of nitrogens with two attached hydrogens (primary N) is 1. The molecule has 0 amide bonds. The smallest absolute Gasteiger partial charge is 0.238 e. The van der Waals surface area contributed by atoms with Gasteiger partial charge in [-0.15, -0.1) is 0 Å². The molecule has 26 heavy (non-hydrogen) atoms. The molecule has 0 aliphatic heterocycles. The molecule has 130 valence electrons. The Morgan fingerprint density at radius 3 is 1.96 bits per heavy atom. The lowest BCUT2D eigenvalue weighted by Gasteiger charge is -2.05. The minimum atomic E-state index is -3.77. The standard InChI is InChI=1S/C18H11N3O2S.C2H6/c19-24(22,23)11-7-8-14-15(9-11)21-18-13-6-2-4-10-3-1-5-12(16(10)13)17(18)20-14;1-2/h1-9H,(H2,19,22,23);1-2H3. The van der Waals surface area contributed by atoms with E-state index in [0.717, 1.165) is 33.3 Å². The van der Waals surface area contributed by atoms with Gasteiger partial charge in [0.2, 0.25) is 10.0 Å². The maximum atomic E-state index is 11.6. The van der Waals surface area contributed by atoms with E-state index in [1.54, 1.807) is 6.07 Å². The van der Waals surface area contributed by atoms with Gasteiger partial charge in [-0.25, -0.2) is 23.5 Å². The molecule has 3 aromatic carbocycles. The molecule has 4 aromatic rings. The van der Waals surface area contributed by atoms with Gasteiger partial charge in [0.05, 0.1) is 27.3 Å². The number of aromatic nitrogens is 2. The molecule has 1 aromatic heterocycles. The molecule has 6 heteroatoms. The molecule has 0 saturated heterocycles. The second kappa shape index (κ2) is 5.86. The molecule has 1 aliphatic rings. The first kappa shape index (κ1) is 16.6. The molecule has 0 fully saturated rings. The van der Waals surface area contributed by atoms with Crippen LogP contribution in [0.25, 0.3) is 44.3 Å². The Morgan fingerprint density at radius 1 is 0.808 bits per heavy atom. The summed E-state index contributed by atoms with van der Waals surface area (Å²) in [5, 5.41) is 7.49. The molecular formula is C20H17N3O2S. The topological polar surface area (TPSA) is 85.9 Å². The number of primary sulfonamides is 1. The average Bonchev–Trinajstić information content (AvgIpc) is 2.96. The van der Waals surface area contributed by atoms with Crippen molar-refractivity contribution < 1.29 is 8.42 Å². The van der Waals surface area contributed by atoms with Crippen molar-refractivity contribution in [1.29, 1.82) is 0 Å². The van der Waals surface area contributed by atoms with E-state index in [9.17, 15) is 8.42 Å². The third-order valence-electron chi connectivity index (χ3n) is 4.38. The Kier molecular flexibility index (Phi) is 3.75. The van der Waals surface area contributed by atoms with E-state index >= 15 is 0 Å². The lowest BCUT2D eigenvalue weighted by atomic mass is 10.0. The molecule has 5 rings (SSSR count). The van der Waals surface area contributed by atoms with Crippen molar-refractivity contribution in [1.82, 2.24) is 9.97 Å². The molecule has 2 N–H and O–H groups in total. The third kappa shape index (κ3) is 2.38. The Bertz CT molecular complexity index is 1280. The quantitative estimate of drug-likeness (QED) is 0.486. The first-order chi connectivity index (χ1) is 12.5. The zero-order chi connectivity index (χ0) is 18.5. The second-order valence-corrected chi connectivity index (χ2v) is 7.39. The van der Waals surface area contributed by atoms with Crippen LogP contribution in [0.3, 0.4) is 0 Å². The zero-order valence-electron chi connectivity index (χ0n) is 14.4. The zero-order valence-corrected chi connectivity index (χ0v) is 15.2. The molecule has 0 saturated carbocycles. The van der Waals surface area contributed by atoms with Crippen molar-refractivity contribution in [2.45, 2.75) is 18.7 Å². The van der Waals surface area contributed by atoms with Crippen LogP contribution in [0.4, 0.5) is 0 Å². The van der Waals surface area contributed by atoms with E-state index in [1.807, 2.05) is 38.1 Å². The van der Waals surface area contributed by atoms with Gasteiger partial charge in [0, 0.05) is 16.5 Å². The Labute approximate surface area is 151 Å². The van der Waals surface area contributed by atoms with Crippen LogP contribution in [0.5, 0.6) is 0 Å². The van der Waals surface area contributed by atoms with Crippen LogP contribution in [-0.4, -0.2) is 18.4 Å². The fourth-order valence-electron chi connectivity index (χ4n) is 3.32. The highest BCUT2D eigenvalue weighted by Gasteiger charge is 2.24. The van der Waals surface area contributed by atoms with Crippen LogP contribution in [0.2, 0.25) is 0 Å². The summed E-state index contributed by atoms with van der Waals surface area (Å²) < 4.78 is 23.1.